The predicted octanol–water partition coefficient (Wildman–Crippen LogP) is 2.21. The van der Waals surface area contributed by atoms with E-state index in [1.54, 1.807) is 19.1 Å². The molecule has 9 heteroatoms. The number of ether oxygens (including phenoxy) is 1. The monoisotopic (exact) mass is 337 g/mol. The Morgan fingerprint density at radius 2 is 1.91 bits per heavy atom. The standard InChI is InChI=1S/C14H15N3O5S/c1-3-16(11-6-8-15-9-7-11)23(20,21)14-10-12(17(18)19)4-5-13(14)22-2/h4-10H,3H2,1-2H3. The Morgan fingerprint density at radius 1 is 1.26 bits per heavy atom. The van der Waals surface area contributed by atoms with Gasteiger partial charge in [0.15, 0.2) is 0 Å². The van der Waals surface area contributed by atoms with Gasteiger partial charge in [-0.1, -0.05) is 0 Å². The zero-order valence-electron chi connectivity index (χ0n) is 12.5. The van der Waals surface area contributed by atoms with Crippen molar-refractivity contribution in [3.8, 4) is 5.75 Å². The third-order valence-electron chi connectivity index (χ3n) is 3.16. The zero-order chi connectivity index (χ0) is 17.0. The van der Waals surface area contributed by atoms with Crippen LogP contribution in [0.3, 0.4) is 0 Å². The molecular formula is C14H15N3O5S. The molecule has 8 nitrogen and oxygen atoms in total. The summed E-state index contributed by atoms with van der Waals surface area (Å²) in [6, 6.07) is 6.56. The van der Waals surface area contributed by atoms with E-state index in [1.165, 1.54) is 31.6 Å². The second-order valence-corrected chi connectivity index (χ2v) is 6.30. The van der Waals surface area contributed by atoms with Gasteiger partial charge in [0.2, 0.25) is 0 Å². The molecule has 23 heavy (non-hydrogen) atoms. The predicted molar refractivity (Wildman–Crippen MR) is 84.1 cm³/mol. The topological polar surface area (TPSA) is 103 Å². The van der Waals surface area contributed by atoms with Crippen molar-refractivity contribution in [1.29, 1.82) is 0 Å². The van der Waals surface area contributed by atoms with E-state index >= 15 is 0 Å². The van der Waals surface area contributed by atoms with Crippen LogP contribution in [0.25, 0.3) is 0 Å². The van der Waals surface area contributed by atoms with Crippen LogP contribution < -0.4 is 9.04 Å². The van der Waals surface area contributed by atoms with Crippen molar-refractivity contribution in [1.82, 2.24) is 4.98 Å². The maximum absolute atomic E-state index is 12.9. The summed E-state index contributed by atoms with van der Waals surface area (Å²) in [7, 11) is -2.72. The van der Waals surface area contributed by atoms with Crippen molar-refractivity contribution < 1.29 is 18.1 Å². The van der Waals surface area contributed by atoms with Crippen molar-refractivity contribution in [3.05, 3.63) is 52.8 Å². The molecule has 1 aromatic heterocycles. The van der Waals surface area contributed by atoms with Crippen LogP contribution in [0.5, 0.6) is 5.75 Å². The van der Waals surface area contributed by atoms with E-state index in [0.717, 1.165) is 10.4 Å². The minimum absolute atomic E-state index is 0.0445. The van der Waals surface area contributed by atoms with Crippen LogP contribution in [-0.2, 0) is 10.0 Å². The van der Waals surface area contributed by atoms with Gasteiger partial charge in [-0.25, -0.2) is 8.42 Å². The lowest BCUT2D eigenvalue weighted by molar-refractivity contribution is -0.385. The summed E-state index contributed by atoms with van der Waals surface area (Å²) in [6.45, 7) is 1.82. The molecule has 2 rings (SSSR count). The van der Waals surface area contributed by atoms with Gasteiger partial charge in [-0.2, -0.15) is 0 Å². The average molecular weight is 337 g/mol. The summed E-state index contributed by atoms with van der Waals surface area (Å²) in [5.41, 5.74) is 0.0891. The smallest absolute Gasteiger partial charge is 0.271 e. The van der Waals surface area contributed by atoms with Crippen molar-refractivity contribution in [2.24, 2.45) is 0 Å². The molecule has 0 saturated heterocycles. The van der Waals surface area contributed by atoms with Crippen molar-refractivity contribution >= 4 is 21.4 Å². The number of benzene rings is 1. The van der Waals surface area contributed by atoms with E-state index in [9.17, 15) is 18.5 Å². The quantitative estimate of drug-likeness (QED) is 0.591. The van der Waals surface area contributed by atoms with Crippen LogP contribution in [0, 0.1) is 10.1 Å². The van der Waals surface area contributed by atoms with Gasteiger partial charge in [-0.15, -0.1) is 0 Å². The van der Waals surface area contributed by atoms with Gasteiger partial charge in [-0.05, 0) is 25.1 Å². The molecule has 0 unspecified atom stereocenters. The van der Waals surface area contributed by atoms with E-state index in [4.69, 9.17) is 4.74 Å². The van der Waals surface area contributed by atoms with Crippen LogP contribution in [0.1, 0.15) is 6.92 Å². The highest BCUT2D eigenvalue weighted by Crippen LogP contribution is 2.32. The van der Waals surface area contributed by atoms with Gasteiger partial charge in [-0.3, -0.25) is 19.4 Å². The normalized spacial score (nSPS) is 11.0. The largest absolute Gasteiger partial charge is 0.495 e. The van der Waals surface area contributed by atoms with Crippen LogP contribution in [0.2, 0.25) is 0 Å². The molecule has 0 aliphatic rings. The van der Waals surface area contributed by atoms with Crippen LogP contribution in [0.15, 0.2) is 47.6 Å². The number of nitrogens with zero attached hydrogens (tertiary/aromatic N) is 3. The molecule has 0 aliphatic heterocycles. The van der Waals surface area contributed by atoms with Gasteiger partial charge in [0, 0.05) is 31.1 Å². The highest BCUT2D eigenvalue weighted by molar-refractivity contribution is 7.93. The second-order valence-electron chi connectivity index (χ2n) is 4.47. The molecule has 2 aromatic rings. The number of pyridine rings is 1. The van der Waals surface area contributed by atoms with E-state index in [2.05, 4.69) is 4.98 Å². The highest BCUT2D eigenvalue weighted by atomic mass is 32.2. The Labute approximate surface area is 133 Å². The number of nitro groups is 1. The van der Waals surface area contributed by atoms with Crippen LogP contribution >= 0.6 is 0 Å². The molecule has 0 saturated carbocycles. The fourth-order valence-corrected chi connectivity index (χ4v) is 3.75. The lowest BCUT2D eigenvalue weighted by Crippen LogP contribution is -2.31. The van der Waals surface area contributed by atoms with Gasteiger partial charge < -0.3 is 4.74 Å². The molecule has 0 bridgehead atoms. The maximum Gasteiger partial charge on any atom is 0.271 e. The fourth-order valence-electron chi connectivity index (χ4n) is 2.10. The van der Waals surface area contributed by atoms with Crippen molar-refractivity contribution in [2.45, 2.75) is 11.8 Å². The molecule has 0 spiro atoms. The molecule has 0 radical (unpaired) electrons. The summed E-state index contributed by atoms with van der Waals surface area (Å²) in [6.07, 6.45) is 2.94. The molecule has 0 amide bonds. The molecule has 0 atom stereocenters. The Morgan fingerprint density at radius 3 is 2.43 bits per heavy atom. The average Bonchev–Trinajstić information content (AvgIpc) is 2.55. The third-order valence-corrected chi connectivity index (χ3v) is 5.09. The SMILES string of the molecule is CCN(c1ccncc1)S(=O)(=O)c1cc([N+](=O)[O-])ccc1OC. The first-order valence-corrected chi connectivity index (χ1v) is 8.11. The Balaban J connectivity index is 2.62. The number of hydrogen-bond donors (Lipinski definition) is 0. The number of methoxy groups -OCH3 is 1. The molecule has 0 fully saturated rings. The van der Waals surface area contributed by atoms with E-state index in [-0.39, 0.29) is 22.9 Å². The number of aromatic nitrogens is 1. The van der Waals surface area contributed by atoms with Gasteiger partial charge in [0.25, 0.3) is 15.7 Å². The number of nitro benzene ring substituents is 1. The molecule has 1 heterocycles. The van der Waals surface area contributed by atoms with Gasteiger partial charge in [0.1, 0.15) is 10.6 Å². The molecule has 0 aliphatic carbocycles. The Kier molecular flexibility index (Phi) is 4.80. The fraction of sp³-hybridized carbons (Fsp3) is 0.214. The van der Waals surface area contributed by atoms with Crippen LogP contribution in [-0.4, -0.2) is 32.0 Å². The lowest BCUT2D eigenvalue weighted by atomic mass is 10.3. The summed E-state index contributed by atoms with van der Waals surface area (Å²) in [4.78, 5) is 13.9. The minimum Gasteiger partial charge on any atom is -0.495 e. The number of rotatable bonds is 6. The van der Waals surface area contributed by atoms with Gasteiger partial charge >= 0.3 is 0 Å². The second kappa shape index (κ2) is 6.61. The zero-order valence-corrected chi connectivity index (χ0v) is 13.4. The van der Waals surface area contributed by atoms with Gasteiger partial charge in [0.05, 0.1) is 17.7 Å². The summed E-state index contributed by atoms with van der Waals surface area (Å²) >= 11 is 0. The summed E-state index contributed by atoms with van der Waals surface area (Å²) in [5, 5.41) is 10.9. The van der Waals surface area contributed by atoms with E-state index < -0.39 is 14.9 Å². The first-order chi connectivity index (χ1) is 10.9. The summed E-state index contributed by atoms with van der Waals surface area (Å²) < 4.78 is 32.0. The minimum atomic E-state index is -4.03. The van der Waals surface area contributed by atoms with Crippen molar-refractivity contribution in [2.75, 3.05) is 18.0 Å². The highest BCUT2D eigenvalue weighted by Gasteiger charge is 2.29. The first kappa shape index (κ1) is 16.7. The lowest BCUT2D eigenvalue weighted by Gasteiger charge is -2.23. The Hall–Kier alpha value is -2.68. The molecule has 1 aromatic carbocycles. The number of hydrogen-bond acceptors (Lipinski definition) is 6. The van der Waals surface area contributed by atoms with Crippen molar-refractivity contribution in [3.63, 3.8) is 0 Å². The first-order valence-electron chi connectivity index (χ1n) is 6.67. The van der Waals surface area contributed by atoms with E-state index in [1.807, 2.05) is 0 Å². The van der Waals surface area contributed by atoms with Crippen LogP contribution in [0.4, 0.5) is 11.4 Å². The third kappa shape index (κ3) is 3.24. The maximum atomic E-state index is 12.9. The number of sulfonamides is 1. The summed E-state index contributed by atoms with van der Waals surface area (Å²) in [5.74, 6) is 0.0445. The Bertz CT molecular complexity index is 808. The molecular weight excluding hydrogens is 322 g/mol. The molecule has 122 valence electrons. The number of non-ortho nitro benzene ring substituents is 1. The number of anilines is 1. The van der Waals surface area contributed by atoms with E-state index in [0.29, 0.717) is 5.69 Å². The molecule has 0 N–H and O–H groups in total.